The van der Waals surface area contributed by atoms with Gasteiger partial charge in [0, 0.05) is 13.5 Å². The maximum absolute atomic E-state index is 11.6. The lowest BCUT2D eigenvalue weighted by atomic mass is 9.92. The highest BCUT2D eigenvalue weighted by atomic mass is 35.5. The Balaban J connectivity index is 1.12. The number of nitrogens with zero attached hydrogens (tertiary/aromatic N) is 6. The Morgan fingerprint density at radius 2 is 2.05 bits per heavy atom. The second-order valence-electron chi connectivity index (χ2n) is 10.6. The zero-order valence-electron chi connectivity index (χ0n) is 22.3. The van der Waals surface area contributed by atoms with Crippen LogP contribution in [0.25, 0.3) is 11.4 Å². The SMILES string of the molecule is Cc1nc(-c2nnn(C)c2COc2ncc(Cl)c(O[C@H]3CCOC3)n2)ccc1OC1CC2CCC(C(=O)O)C2C1. The second kappa shape index (κ2) is 11.2. The summed E-state index contributed by atoms with van der Waals surface area (Å²) in [5.74, 6) is 0.622. The third-order valence-electron chi connectivity index (χ3n) is 8.10. The molecule has 4 unspecified atom stereocenters. The summed E-state index contributed by atoms with van der Waals surface area (Å²) in [7, 11) is 1.78. The third kappa shape index (κ3) is 5.42. The highest BCUT2D eigenvalue weighted by Gasteiger charge is 2.47. The molecule has 1 saturated heterocycles. The van der Waals surface area contributed by atoms with Gasteiger partial charge in [0.05, 0.1) is 42.8 Å². The van der Waals surface area contributed by atoms with Crippen molar-refractivity contribution in [2.24, 2.45) is 24.8 Å². The molecule has 0 spiro atoms. The van der Waals surface area contributed by atoms with E-state index in [0.717, 1.165) is 37.8 Å². The predicted molar refractivity (Wildman–Crippen MR) is 141 cm³/mol. The molecule has 0 bridgehead atoms. The Labute approximate surface area is 236 Å². The van der Waals surface area contributed by atoms with Gasteiger partial charge in [-0.05, 0) is 56.6 Å². The van der Waals surface area contributed by atoms with Crippen LogP contribution in [-0.4, -0.2) is 66.4 Å². The Morgan fingerprint density at radius 3 is 2.83 bits per heavy atom. The van der Waals surface area contributed by atoms with E-state index >= 15 is 0 Å². The van der Waals surface area contributed by atoms with E-state index in [2.05, 4.69) is 20.3 Å². The third-order valence-corrected chi connectivity index (χ3v) is 8.36. The fourth-order valence-corrected chi connectivity index (χ4v) is 6.18. The van der Waals surface area contributed by atoms with E-state index in [1.165, 1.54) is 6.20 Å². The maximum atomic E-state index is 11.6. The number of fused-ring (bicyclic) bond motifs is 1. The van der Waals surface area contributed by atoms with Crippen molar-refractivity contribution in [1.82, 2.24) is 29.9 Å². The molecule has 212 valence electrons. The number of aromatic nitrogens is 6. The molecule has 3 aromatic heterocycles. The first-order valence-corrected chi connectivity index (χ1v) is 13.9. The molecule has 12 nitrogen and oxygen atoms in total. The summed E-state index contributed by atoms with van der Waals surface area (Å²) in [6.07, 6.45) is 5.48. The van der Waals surface area contributed by atoms with Crippen LogP contribution < -0.4 is 14.2 Å². The van der Waals surface area contributed by atoms with Gasteiger partial charge in [0.1, 0.15) is 34.9 Å². The van der Waals surface area contributed by atoms with E-state index < -0.39 is 5.97 Å². The molecule has 1 aliphatic heterocycles. The fourth-order valence-electron chi connectivity index (χ4n) is 6.05. The van der Waals surface area contributed by atoms with Gasteiger partial charge in [-0.2, -0.15) is 4.98 Å². The lowest BCUT2D eigenvalue weighted by molar-refractivity contribution is -0.143. The monoisotopic (exact) mass is 570 g/mol. The number of rotatable bonds is 9. The molecule has 0 amide bonds. The molecule has 3 aromatic rings. The second-order valence-corrected chi connectivity index (χ2v) is 11.1. The van der Waals surface area contributed by atoms with Gasteiger partial charge in [0.2, 0.25) is 5.88 Å². The minimum atomic E-state index is -0.685. The number of carbonyl (C=O) groups is 1. The van der Waals surface area contributed by atoms with Crippen molar-refractivity contribution >= 4 is 17.6 Å². The molecular formula is C27H31ClN6O6. The number of pyridine rings is 1. The van der Waals surface area contributed by atoms with Gasteiger partial charge in [0.25, 0.3) is 0 Å². The van der Waals surface area contributed by atoms with Crippen LogP contribution in [-0.2, 0) is 23.2 Å². The zero-order valence-corrected chi connectivity index (χ0v) is 23.1. The van der Waals surface area contributed by atoms with Crippen molar-refractivity contribution < 1.29 is 28.8 Å². The molecule has 2 aliphatic carbocycles. The number of halogens is 1. The number of hydrogen-bond acceptors (Lipinski definition) is 10. The molecular weight excluding hydrogens is 540 g/mol. The molecule has 40 heavy (non-hydrogen) atoms. The quantitative estimate of drug-likeness (QED) is 0.402. The van der Waals surface area contributed by atoms with Crippen molar-refractivity contribution in [3.63, 3.8) is 0 Å². The molecule has 0 aromatic carbocycles. The molecule has 3 fully saturated rings. The van der Waals surface area contributed by atoms with Crippen molar-refractivity contribution in [2.75, 3.05) is 13.2 Å². The summed E-state index contributed by atoms with van der Waals surface area (Å²) in [5.41, 5.74) is 2.62. The summed E-state index contributed by atoms with van der Waals surface area (Å²) in [6, 6.07) is 3.85. The number of aliphatic carboxylic acids is 1. The summed E-state index contributed by atoms with van der Waals surface area (Å²) < 4.78 is 25.0. The normalized spacial score (nSPS) is 25.6. The highest BCUT2D eigenvalue weighted by Crippen LogP contribution is 2.48. The van der Waals surface area contributed by atoms with Crippen molar-refractivity contribution in [3.8, 4) is 29.0 Å². The Bertz CT molecular complexity index is 1400. The van der Waals surface area contributed by atoms with Gasteiger partial charge in [-0.15, -0.1) is 5.10 Å². The minimum Gasteiger partial charge on any atom is -0.489 e. The lowest BCUT2D eigenvalue weighted by Gasteiger charge is -2.18. The zero-order chi connectivity index (χ0) is 27.8. The fraction of sp³-hybridized carbons (Fsp3) is 0.556. The molecule has 4 heterocycles. The van der Waals surface area contributed by atoms with Gasteiger partial charge in [0.15, 0.2) is 0 Å². The van der Waals surface area contributed by atoms with Crippen LogP contribution in [0.1, 0.15) is 43.5 Å². The van der Waals surface area contributed by atoms with Gasteiger partial charge in [-0.3, -0.25) is 4.79 Å². The largest absolute Gasteiger partial charge is 0.489 e. The van der Waals surface area contributed by atoms with Gasteiger partial charge in [-0.1, -0.05) is 16.8 Å². The number of carboxylic acids is 1. The topological polar surface area (TPSA) is 144 Å². The van der Waals surface area contributed by atoms with Gasteiger partial charge in [-0.25, -0.2) is 14.6 Å². The summed E-state index contributed by atoms with van der Waals surface area (Å²) in [5, 5.41) is 18.3. The molecule has 6 rings (SSSR count). The molecule has 1 N–H and O–H groups in total. The van der Waals surface area contributed by atoms with E-state index in [1.807, 2.05) is 19.1 Å². The maximum Gasteiger partial charge on any atom is 0.320 e. The van der Waals surface area contributed by atoms with E-state index in [0.29, 0.717) is 47.0 Å². The summed E-state index contributed by atoms with van der Waals surface area (Å²) in [4.78, 5) is 24.8. The molecule has 5 atom stereocenters. The van der Waals surface area contributed by atoms with Gasteiger partial charge < -0.3 is 24.1 Å². The van der Waals surface area contributed by atoms with Crippen molar-refractivity contribution in [3.05, 3.63) is 34.7 Å². The van der Waals surface area contributed by atoms with Crippen LogP contribution in [0.4, 0.5) is 0 Å². The molecule has 3 aliphatic rings. The van der Waals surface area contributed by atoms with Crippen LogP contribution in [0.15, 0.2) is 18.3 Å². The molecule has 13 heteroatoms. The first-order chi connectivity index (χ1) is 19.4. The summed E-state index contributed by atoms with van der Waals surface area (Å²) in [6.45, 7) is 3.12. The minimum absolute atomic E-state index is 0.00146. The van der Waals surface area contributed by atoms with Crippen molar-refractivity contribution in [1.29, 1.82) is 0 Å². The Hall–Kier alpha value is -3.51. The van der Waals surface area contributed by atoms with Gasteiger partial charge >= 0.3 is 12.0 Å². The van der Waals surface area contributed by atoms with Crippen LogP contribution in [0.2, 0.25) is 5.02 Å². The average molecular weight is 571 g/mol. The smallest absolute Gasteiger partial charge is 0.320 e. The molecule has 0 radical (unpaired) electrons. The Morgan fingerprint density at radius 1 is 1.18 bits per heavy atom. The first kappa shape index (κ1) is 26.7. The number of carboxylic acid groups (broad SMARTS) is 1. The van der Waals surface area contributed by atoms with Crippen LogP contribution >= 0.6 is 11.6 Å². The number of aryl methyl sites for hydroxylation is 2. The lowest BCUT2D eigenvalue weighted by Crippen LogP contribution is -2.21. The van der Waals surface area contributed by atoms with E-state index in [4.69, 9.17) is 35.5 Å². The van der Waals surface area contributed by atoms with Crippen molar-refractivity contribution in [2.45, 2.75) is 57.8 Å². The Kier molecular flexibility index (Phi) is 7.45. The van der Waals surface area contributed by atoms with Crippen LogP contribution in [0.3, 0.4) is 0 Å². The van der Waals surface area contributed by atoms with Crippen LogP contribution in [0, 0.1) is 24.7 Å². The predicted octanol–water partition coefficient (Wildman–Crippen LogP) is 3.64. The molecule has 2 saturated carbocycles. The number of ether oxygens (including phenoxy) is 4. The van der Waals surface area contributed by atoms with E-state index in [-0.39, 0.29) is 42.5 Å². The highest BCUT2D eigenvalue weighted by molar-refractivity contribution is 6.31. The average Bonchev–Trinajstić information content (AvgIpc) is 3.71. The number of hydrogen-bond donors (Lipinski definition) is 1. The van der Waals surface area contributed by atoms with Crippen LogP contribution in [0.5, 0.6) is 17.6 Å². The standard InChI is InChI=1S/C27H31ClN6O6/c1-14-23(39-17-9-15-3-4-18(26(35)36)19(15)10-17)6-5-21(30-14)24-22(34(2)33-32-24)13-38-27-29-11-20(28)25(31-27)40-16-7-8-37-12-16/h5-6,11,15-19H,3-4,7-10,12-13H2,1-2H3,(H,35,36)/t15?,16-,17?,18?,19?/m0/s1. The summed E-state index contributed by atoms with van der Waals surface area (Å²) >= 11 is 6.22. The first-order valence-electron chi connectivity index (χ1n) is 13.5. The van der Waals surface area contributed by atoms with E-state index in [9.17, 15) is 9.90 Å². The van der Waals surface area contributed by atoms with E-state index in [1.54, 1.807) is 11.7 Å².